The summed E-state index contributed by atoms with van der Waals surface area (Å²) in [5.41, 5.74) is 1.73. The highest BCUT2D eigenvalue weighted by Gasteiger charge is 2.48. The molecule has 3 heteroatoms. The van der Waals surface area contributed by atoms with E-state index in [1.165, 1.54) is 5.56 Å². The van der Waals surface area contributed by atoms with Crippen molar-refractivity contribution in [1.29, 1.82) is 0 Å². The topological polar surface area (TPSA) is 29.5 Å². The predicted octanol–water partition coefficient (Wildman–Crippen LogP) is 3.67. The van der Waals surface area contributed by atoms with E-state index in [4.69, 9.17) is 4.74 Å². The first kappa shape index (κ1) is 15.8. The maximum atomic E-state index is 12.7. The van der Waals surface area contributed by atoms with Gasteiger partial charge in [-0.15, -0.1) is 0 Å². The van der Waals surface area contributed by atoms with Gasteiger partial charge in [0.25, 0.3) is 0 Å². The van der Waals surface area contributed by atoms with Crippen LogP contribution in [0.4, 0.5) is 0 Å². The molecule has 0 N–H and O–H groups in total. The van der Waals surface area contributed by atoms with Gasteiger partial charge in [-0.1, -0.05) is 60.7 Å². The summed E-state index contributed by atoms with van der Waals surface area (Å²) in [6.45, 7) is 5.90. The summed E-state index contributed by atoms with van der Waals surface area (Å²) in [4.78, 5) is 15.0. The van der Waals surface area contributed by atoms with E-state index in [1.54, 1.807) is 0 Å². The van der Waals surface area contributed by atoms with E-state index in [2.05, 4.69) is 42.2 Å². The summed E-state index contributed by atoms with van der Waals surface area (Å²) in [5, 5.41) is 0. The normalized spacial score (nSPS) is 24.7. The van der Waals surface area contributed by atoms with Crippen LogP contribution >= 0.6 is 0 Å². The Morgan fingerprint density at radius 2 is 2.04 bits per heavy atom. The standard InChI is InChI=1S/C20H23NO2/c1-3-23-19(22)20-13-9-5-8-12-18(20)14-21(15-20)16(2)17-10-6-4-7-11-17/h4-13,16H,3,14-15H2,1-2H3/t16-,20+/m0/s1. The minimum atomic E-state index is -0.650. The molecule has 2 atom stereocenters. The highest BCUT2D eigenvalue weighted by molar-refractivity contribution is 5.85. The van der Waals surface area contributed by atoms with Crippen LogP contribution in [0, 0.1) is 5.41 Å². The zero-order valence-electron chi connectivity index (χ0n) is 13.7. The fourth-order valence-corrected chi connectivity index (χ4v) is 3.39. The average molecular weight is 309 g/mol. The van der Waals surface area contributed by atoms with E-state index in [0.717, 1.165) is 12.1 Å². The van der Waals surface area contributed by atoms with Gasteiger partial charge in [0, 0.05) is 19.1 Å². The molecule has 0 saturated carbocycles. The Balaban J connectivity index is 1.91. The van der Waals surface area contributed by atoms with Gasteiger partial charge in [0.05, 0.1) is 6.61 Å². The van der Waals surface area contributed by atoms with E-state index in [-0.39, 0.29) is 12.0 Å². The van der Waals surface area contributed by atoms with Crippen molar-refractivity contribution in [2.24, 2.45) is 5.41 Å². The lowest BCUT2D eigenvalue weighted by Gasteiger charge is -2.27. The van der Waals surface area contributed by atoms with Crippen molar-refractivity contribution >= 4 is 5.97 Å². The number of fused-ring (bicyclic) bond motifs is 1. The van der Waals surface area contributed by atoms with Crippen molar-refractivity contribution in [3.63, 3.8) is 0 Å². The van der Waals surface area contributed by atoms with Gasteiger partial charge in [-0.25, -0.2) is 0 Å². The molecule has 2 aliphatic rings. The third-order valence-electron chi connectivity index (χ3n) is 4.77. The lowest BCUT2D eigenvalue weighted by Crippen LogP contribution is -2.36. The largest absolute Gasteiger partial charge is 0.465 e. The maximum Gasteiger partial charge on any atom is 0.321 e. The van der Waals surface area contributed by atoms with Crippen molar-refractivity contribution in [2.75, 3.05) is 19.7 Å². The summed E-state index contributed by atoms with van der Waals surface area (Å²) in [6, 6.07) is 10.7. The quantitative estimate of drug-likeness (QED) is 0.795. The molecule has 23 heavy (non-hydrogen) atoms. The number of allylic oxidation sites excluding steroid dienone is 4. The Kier molecular flexibility index (Phi) is 4.49. The van der Waals surface area contributed by atoms with Gasteiger partial charge in [0.15, 0.2) is 0 Å². The Morgan fingerprint density at radius 3 is 2.78 bits per heavy atom. The predicted molar refractivity (Wildman–Crippen MR) is 91.9 cm³/mol. The lowest BCUT2D eigenvalue weighted by molar-refractivity contribution is -0.150. The van der Waals surface area contributed by atoms with Crippen molar-refractivity contribution in [1.82, 2.24) is 4.90 Å². The molecule has 3 nitrogen and oxygen atoms in total. The van der Waals surface area contributed by atoms with Crippen LogP contribution in [0.25, 0.3) is 0 Å². The summed E-state index contributed by atoms with van der Waals surface area (Å²) >= 11 is 0. The molecule has 1 heterocycles. The van der Waals surface area contributed by atoms with Crippen LogP contribution < -0.4 is 0 Å². The van der Waals surface area contributed by atoms with Crippen LogP contribution in [0.2, 0.25) is 0 Å². The zero-order chi connectivity index (χ0) is 16.3. The molecule has 0 spiro atoms. The van der Waals surface area contributed by atoms with E-state index in [0.29, 0.717) is 13.2 Å². The SMILES string of the molecule is CCOC(=O)[C@@]12C=CC=CC=C1CN([C@@H](C)c1ccccc1)C2. The Bertz CT molecular complexity index is 659. The van der Waals surface area contributed by atoms with Crippen LogP contribution in [0.5, 0.6) is 0 Å². The highest BCUT2D eigenvalue weighted by atomic mass is 16.5. The molecule has 1 fully saturated rings. The first-order valence-electron chi connectivity index (χ1n) is 8.19. The van der Waals surface area contributed by atoms with Gasteiger partial charge in [-0.3, -0.25) is 9.69 Å². The second kappa shape index (κ2) is 6.55. The van der Waals surface area contributed by atoms with Gasteiger partial charge in [0.2, 0.25) is 0 Å². The van der Waals surface area contributed by atoms with Crippen LogP contribution in [-0.4, -0.2) is 30.6 Å². The zero-order valence-corrected chi connectivity index (χ0v) is 13.7. The molecule has 1 aromatic carbocycles. The molecule has 0 unspecified atom stereocenters. The summed E-state index contributed by atoms with van der Waals surface area (Å²) in [7, 11) is 0. The van der Waals surface area contributed by atoms with E-state index >= 15 is 0 Å². The molecule has 1 aliphatic carbocycles. The van der Waals surface area contributed by atoms with Crippen LogP contribution in [-0.2, 0) is 9.53 Å². The van der Waals surface area contributed by atoms with E-state index in [1.807, 2.05) is 37.3 Å². The second-order valence-corrected chi connectivity index (χ2v) is 6.12. The number of ether oxygens (including phenoxy) is 1. The molecule has 0 amide bonds. The molecule has 0 radical (unpaired) electrons. The molecular formula is C20H23NO2. The molecule has 3 rings (SSSR count). The number of carbonyl (C=O) groups is 1. The van der Waals surface area contributed by atoms with Gasteiger partial charge >= 0.3 is 5.97 Å². The third-order valence-corrected chi connectivity index (χ3v) is 4.77. The Labute approximate surface area is 137 Å². The Morgan fingerprint density at radius 1 is 1.26 bits per heavy atom. The number of nitrogens with zero attached hydrogens (tertiary/aromatic N) is 1. The van der Waals surface area contributed by atoms with Crippen molar-refractivity contribution in [3.05, 3.63) is 71.8 Å². The number of rotatable bonds is 4. The van der Waals surface area contributed by atoms with Crippen LogP contribution in [0.1, 0.15) is 25.5 Å². The molecule has 1 aromatic rings. The van der Waals surface area contributed by atoms with Crippen molar-refractivity contribution in [2.45, 2.75) is 19.9 Å². The summed E-state index contributed by atoms with van der Waals surface area (Å²) in [5.74, 6) is -0.144. The Hall–Kier alpha value is -2.13. The fraction of sp³-hybridized carbons (Fsp3) is 0.350. The number of esters is 1. The molecule has 1 saturated heterocycles. The molecule has 1 aliphatic heterocycles. The minimum Gasteiger partial charge on any atom is -0.465 e. The first-order chi connectivity index (χ1) is 11.2. The van der Waals surface area contributed by atoms with Gasteiger partial charge in [-0.05, 0) is 25.0 Å². The number of benzene rings is 1. The number of carbonyl (C=O) groups excluding carboxylic acids is 1. The molecular weight excluding hydrogens is 286 g/mol. The van der Waals surface area contributed by atoms with Crippen molar-refractivity contribution < 1.29 is 9.53 Å². The highest BCUT2D eigenvalue weighted by Crippen LogP contribution is 2.42. The lowest BCUT2D eigenvalue weighted by atomic mass is 9.82. The van der Waals surface area contributed by atoms with Crippen molar-refractivity contribution in [3.8, 4) is 0 Å². The molecule has 0 aromatic heterocycles. The minimum absolute atomic E-state index is 0.144. The summed E-state index contributed by atoms with van der Waals surface area (Å²) < 4.78 is 5.39. The number of likely N-dealkylation sites (tertiary alicyclic amines) is 1. The smallest absolute Gasteiger partial charge is 0.321 e. The average Bonchev–Trinajstić information content (AvgIpc) is 2.83. The second-order valence-electron chi connectivity index (χ2n) is 6.12. The van der Waals surface area contributed by atoms with E-state index in [9.17, 15) is 4.79 Å². The number of hydrogen-bond acceptors (Lipinski definition) is 3. The number of hydrogen-bond donors (Lipinski definition) is 0. The van der Waals surface area contributed by atoms with Crippen LogP contribution in [0.15, 0.2) is 66.3 Å². The fourth-order valence-electron chi connectivity index (χ4n) is 3.39. The summed E-state index contributed by atoms with van der Waals surface area (Å²) in [6.07, 6.45) is 9.99. The maximum absolute atomic E-state index is 12.7. The monoisotopic (exact) mass is 309 g/mol. The van der Waals surface area contributed by atoms with E-state index < -0.39 is 5.41 Å². The van der Waals surface area contributed by atoms with Gasteiger partial charge < -0.3 is 4.74 Å². The van der Waals surface area contributed by atoms with Gasteiger partial charge in [-0.2, -0.15) is 0 Å². The molecule has 0 bridgehead atoms. The van der Waals surface area contributed by atoms with Gasteiger partial charge in [0.1, 0.15) is 5.41 Å². The van der Waals surface area contributed by atoms with Crippen LogP contribution in [0.3, 0.4) is 0 Å². The molecule has 120 valence electrons. The third kappa shape index (κ3) is 2.89. The first-order valence-corrected chi connectivity index (χ1v) is 8.19.